The van der Waals surface area contributed by atoms with E-state index in [0.717, 1.165) is 21.6 Å². The number of hydrogen-bond donors (Lipinski definition) is 1. The Morgan fingerprint density at radius 2 is 1.84 bits per heavy atom. The lowest BCUT2D eigenvalue weighted by atomic mass is 10.1. The second-order valence-electron chi connectivity index (χ2n) is 4.84. The Morgan fingerprint density at radius 3 is 2.47 bits per heavy atom. The molecule has 0 bridgehead atoms. The zero-order valence-electron chi connectivity index (χ0n) is 11.1. The van der Waals surface area contributed by atoms with Crippen LogP contribution in [0.15, 0.2) is 46.9 Å². The standard InChI is InChI=1S/C16H17BrClN/c1-11-9-15(7-8-16(11)17)19-12(2)10-13-3-5-14(18)6-4-13/h3-9,12,19H,10H2,1-2H3. The fourth-order valence-corrected chi connectivity index (χ4v) is 2.42. The minimum absolute atomic E-state index is 0.377. The van der Waals surface area contributed by atoms with Gasteiger partial charge in [0.1, 0.15) is 0 Å². The highest BCUT2D eigenvalue weighted by Gasteiger charge is 2.05. The molecule has 1 unspecified atom stereocenters. The Kier molecular flexibility index (Phi) is 4.89. The summed E-state index contributed by atoms with van der Waals surface area (Å²) >= 11 is 9.41. The van der Waals surface area contributed by atoms with Crippen molar-refractivity contribution in [3.05, 3.63) is 63.1 Å². The van der Waals surface area contributed by atoms with Crippen LogP contribution in [0.5, 0.6) is 0 Å². The largest absolute Gasteiger partial charge is 0.382 e. The molecular weight excluding hydrogens is 322 g/mol. The number of aryl methyl sites for hydroxylation is 1. The van der Waals surface area contributed by atoms with E-state index in [9.17, 15) is 0 Å². The van der Waals surface area contributed by atoms with E-state index in [1.807, 2.05) is 12.1 Å². The van der Waals surface area contributed by atoms with Crippen molar-refractivity contribution in [2.45, 2.75) is 26.3 Å². The van der Waals surface area contributed by atoms with Crippen LogP contribution in [0.3, 0.4) is 0 Å². The predicted molar refractivity (Wildman–Crippen MR) is 87.1 cm³/mol. The molecule has 0 aromatic heterocycles. The third-order valence-corrected chi connectivity index (χ3v) is 4.17. The molecule has 1 N–H and O–H groups in total. The molecule has 0 amide bonds. The fourth-order valence-electron chi connectivity index (χ4n) is 2.04. The van der Waals surface area contributed by atoms with Crippen LogP contribution in [-0.2, 0) is 6.42 Å². The Hall–Kier alpha value is -0.990. The van der Waals surface area contributed by atoms with Crippen molar-refractivity contribution in [3.8, 4) is 0 Å². The second-order valence-corrected chi connectivity index (χ2v) is 6.13. The fraction of sp³-hybridized carbons (Fsp3) is 0.250. The van der Waals surface area contributed by atoms with E-state index >= 15 is 0 Å². The zero-order chi connectivity index (χ0) is 13.8. The van der Waals surface area contributed by atoms with Gasteiger partial charge >= 0.3 is 0 Å². The first-order valence-electron chi connectivity index (χ1n) is 6.32. The minimum Gasteiger partial charge on any atom is -0.382 e. The van der Waals surface area contributed by atoms with E-state index < -0.39 is 0 Å². The summed E-state index contributed by atoms with van der Waals surface area (Å²) in [4.78, 5) is 0. The summed E-state index contributed by atoms with van der Waals surface area (Å²) < 4.78 is 1.14. The van der Waals surface area contributed by atoms with Gasteiger partial charge in [0, 0.05) is 21.2 Å². The van der Waals surface area contributed by atoms with Gasteiger partial charge in [0.2, 0.25) is 0 Å². The first-order chi connectivity index (χ1) is 9.04. The van der Waals surface area contributed by atoms with E-state index in [1.54, 1.807) is 0 Å². The minimum atomic E-state index is 0.377. The molecule has 0 saturated heterocycles. The van der Waals surface area contributed by atoms with E-state index in [4.69, 9.17) is 11.6 Å². The lowest BCUT2D eigenvalue weighted by molar-refractivity contribution is 0.790. The highest BCUT2D eigenvalue weighted by atomic mass is 79.9. The molecule has 2 aromatic carbocycles. The van der Waals surface area contributed by atoms with Crippen molar-refractivity contribution < 1.29 is 0 Å². The molecule has 0 fully saturated rings. The number of anilines is 1. The number of nitrogens with one attached hydrogen (secondary N) is 1. The number of hydrogen-bond acceptors (Lipinski definition) is 1. The monoisotopic (exact) mass is 337 g/mol. The molecule has 19 heavy (non-hydrogen) atoms. The van der Waals surface area contributed by atoms with Gasteiger partial charge in [-0.1, -0.05) is 39.7 Å². The van der Waals surface area contributed by atoms with Crippen molar-refractivity contribution in [2.75, 3.05) is 5.32 Å². The molecule has 100 valence electrons. The number of halogens is 2. The molecule has 1 atom stereocenters. The maximum absolute atomic E-state index is 5.89. The molecule has 2 aromatic rings. The quantitative estimate of drug-likeness (QED) is 0.781. The summed E-state index contributed by atoms with van der Waals surface area (Å²) in [6.45, 7) is 4.28. The Balaban J connectivity index is 1.98. The Bertz CT molecular complexity index is 551. The zero-order valence-corrected chi connectivity index (χ0v) is 13.4. The van der Waals surface area contributed by atoms with Crippen molar-refractivity contribution in [2.24, 2.45) is 0 Å². The maximum Gasteiger partial charge on any atom is 0.0406 e. The van der Waals surface area contributed by atoms with E-state index in [2.05, 4.69) is 65.4 Å². The molecular formula is C16H17BrClN. The molecule has 0 aliphatic carbocycles. The molecule has 3 heteroatoms. The molecule has 0 radical (unpaired) electrons. The van der Waals surface area contributed by atoms with Crippen molar-refractivity contribution in [1.29, 1.82) is 0 Å². The summed E-state index contributed by atoms with van der Waals surface area (Å²) in [6, 6.07) is 14.7. The van der Waals surface area contributed by atoms with Gasteiger partial charge in [-0.05, 0) is 61.7 Å². The first-order valence-corrected chi connectivity index (χ1v) is 7.49. The van der Waals surface area contributed by atoms with Crippen molar-refractivity contribution in [3.63, 3.8) is 0 Å². The molecule has 0 aliphatic heterocycles. The molecule has 0 heterocycles. The van der Waals surface area contributed by atoms with E-state index in [0.29, 0.717) is 6.04 Å². The van der Waals surface area contributed by atoms with E-state index in [1.165, 1.54) is 11.1 Å². The molecule has 0 saturated carbocycles. The van der Waals surface area contributed by atoms with Crippen LogP contribution < -0.4 is 5.32 Å². The van der Waals surface area contributed by atoms with Crippen LogP contribution in [0.1, 0.15) is 18.1 Å². The summed E-state index contributed by atoms with van der Waals surface area (Å²) in [5.74, 6) is 0. The highest BCUT2D eigenvalue weighted by molar-refractivity contribution is 9.10. The third kappa shape index (κ3) is 4.26. The van der Waals surface area contributed by atoms with Gasteiger partial charge in [-0.2, -0.15) is 0 Å². The number of rotatable bonds is 4. The van der Waals surface area contributed by atoms with Crippen LogP contribution in [0, 0.1) is 6.92 Å². The lowest BCUT2D eigenvalue weighted by Gasteiger charge is -2.16. The Labute approximate surface area is 128 Å². The summed E-state index contributed by atoms with van der Waals surface area (Å²) in [5, 5.41) is 4.30. The lowest BCUT2D eigenvalue weighted by Crippen LogP contribution is -2.18. The predicted octanol–water partition coefficient (Wildman–Crippen LogP) is 5.45. The van der Waals surface area contributed by atoms with Crippen molar-refractivity contribution >= 4 is 33.2 Å². The molecule has 0 aliphatic rings. The summed E-state index contributed by atoms with van der Waals surface area (Å²) in [6.07, 6.45) is 0.978. The smallest absolute Gasteiger partial charge is 0.0406 e. The van der Waals surface area contributed by atoms with Gasteiger partial charge in [-0.15, -0.1) is 0 Å². The topological polar surface area (TPSA) is 12.0 Å². The van der Waals surface area contributed by atoms with Crippen LogP contribution >= 0.6 is 27.5 Å². The molecule has 0 spiro atoms. The molecule has 1 nitrogen and oxygen atoms in total. The average Bonchev–Trinajstić information content (AvgIpc) is 2.37. The third-order valence-electron chi connectivity index (χ3n) is 3.03. The van der Waals surface area contributed by atoms with Gasteiger partial charge in [0.15, 0.2) is 0 Å². The normalized spacial score (nSPS) is 12.2. The van der Waals surface area contributed by atoms with Crippen LogP contribution in [0.25, 0.3) is 0 Å². The van der Waals surface area contributed by atoms with Gasteiger partial charge < -0.3 is 5.32 Å². The number of benzene rings is 2. The van der Waals surface area contributed by atoms with Crippen LogP contribution in [-0.4, -0.2) is 6.04 Å². The van der Waals surface area contributed by atoms with Gasteiger partial charge in [0.05, 0.1) is 0 Å². The van der Waals surface area contributed by atoms with Crippen LogP contribution in [0.4, 0.5) is 5.69 Å². The van der Waals surface area contributed by atoms with Crippen LogP contribution in [0.2, 0.25) is 5.02 Å². The van der Waals surface area contributed by atoms with Gasteiger partial charge in [0.25, 0.3) is 0 Å². The summed E-state index contributed by atoms with van der Waals surface area (Å²) in [7, 11) is 0. The molecule has 2 rings (SSSR count). The maximum atomic E-state index is 5.89. The van der Waals surface area contributed by atoms with Crippen molar-refractivity contribution in [1.82, 2.24) is 0 Å². The average molecular weight is 339 g/mol. The van der Waals surface area contributed by atoms with Gasteiger partial charge in [-0.3, -0.25) is 0 Å². The SMILES string of the molecule is Cc1cc(NC(C)Cc2ccc(Cl)cc2)ccc1Br. The summed E-state index contributed by atoms with van der Waals surface area (Å²) in [5.41, 5.74) is 3.68. The van der Waals surface area contributed by atoms with Gasteiger partial charge in [-0.25, -0.2) is 0 Å². The highest BCUT2D eigenvalue weighted by Crippen LogP contribution is 2.21. The Morgan fingerprint density at radius 1 is 1.16 bits per heavy atom. The van der Waals surface area contributed by atoms with E-state index in [-0.39, 0.29) is 0 Å². The first kappa shape index (κ1) is 14.4. The second kappa shape index (κ2) is 6.44.